The average molecular weight is 161 g/mol. The standard InChI is InChI=1S/C7H19N3O/c1-10(2)4-3-9-6-7(11)5-8/h7,9,11H,3-6,8H2,1-2H3. The lowest BCUT2D eigenvalue weighted by Gasteiger charge is -2.12. The van der Waals surface area contributed by atoms with Gasteiger partial charge >= 0.3 is 0 Å². The molecule has 4 heteroatoms. The van der Waals surface area contributed by atoms with Crippen LogP contribution in [-0.4, -0.2) is 56.4 Å². The summed E-state index contributed by atoms with van der Waals surface area (Å²) in [5.74, 6) is 0. The molecule has 0 aromatic carbocycles. The number of hydrogen-bond donors (Lipinski definition) is 3. The van der Waals surface area contributed by atoms with Crippen LogP contribution in [-0.2, 0) is 0 Å². The molecule has 0 spiro atoms. The predicted molar refractivity (Wildman–Crippen MR) is 46.5 cm³/mol. The molecule has 0 aromatic heterocycles. The van der Waals surface area contributed by atoms with E-state index in [1.807, 2.05) is 14.1 Å². The molecule has 0 radical (unpaired) electrons. The first-order valence-electron chi connectivity index (χ1n) is 3.90. The second kappa shape index (κ2) is 6.54. The van der Waals surface area contributed by atoms with E-state index in [0.29, 0.717) is 13.1 Å². The molecule has 0 aliphatic carbocycles. The topological polar surface area (TPSA) is 61.5 Å². The zero-order chi connectivity index (χ0) is 8.69. The first-order valence-corrected chi connectivity index (χ1v) is 3.90. The fourth-order valence-corrected chi connectivity index (χ4v) is 0.655. The lowest BCUT2D eigenvalue weighted by atomic mass is 10.3. The van der Waals surface area contributed by atoms with E-state index in [1.54, 1.807) is 0 Å². The smallest absolute Gasteiger partial charge is 0.0786 e. The van der Waals surface area contributed by atoms with Crippen LogP contribution in [0.4, 0.5) is 0 Å². The van der Waals surface area contributed by atoms with Gasteiger partial charge in [-0.3, -0.25) is 0 Å². The highest BCUT2D eigenvalue weighted by Gasteiger charge is 1.98. The predicted octanol–water partition coefficient (Wildman–Crippen LogP) is -1.54. The van der Waals surface area contributed by atoms with Crippen molar-refractivity contribution in [3.63, 3.8) is 0 Å². The number of aliphatic hydroxyl groups is 1. The van der Waals surface area contributed by atoms with Gasteiger partial charge in [0.15, 0.2) is 0 Å². The number of nitrogens with one attached hydrogen (secondary N) is 1. The van der Waals surface area contributed by atoms with Gasteiger partial charge in [0.1, 0.15) is 0 Å². The molecule has 4 nitrogen and oxygen atoms in total. The highest BCUT2D eigenvalue weighted by molar-refractivity contribution is 4.59. The van der Waals surface area contributed by atoms with Crippen molar-refractivity contribution in [2.75, 3.05) is 40.3 Å². The second-order valence-electron chi connectivity index (χ2n) is 2.90. The van der Waals surface area contributed by atoms with E-state index in [4.69, 9.17) is 10.8 Å². The lowest BCUT2D eigenvalue weighted by Crippen LogP contribution is -2.35. The SMILES string of the molecule is CN(C)CCNCC(O)CN. The minimum Gasteiger partial charge on any atom is -0.390 e. The highest BCUT2D eigenvalue weighted by Crippen LogP contribution is 1.75. The minimum atomic E-state index is -0.405. The summed E-state index contributed by atoms with van der Waals surface area (Å²) in [6.45, 7) is 2.79. The van der Waals surface area contributed by atoms with Crippen molar-refractivity contribution in [1.29, 1.82) is 0 Å². The maximum atomic E-state index is 9.02. The minimum absolute atomic E-state index is 0.328. The normalized spacial score (nSPS) is 13.9. The summed E-state index contributed by atoms with van der Waals surface area (Å²) < 4.78 is 0. The van der Waals surface area contributed by atoms with E-state index >= 15 is 0 Å². The monoisotopic (exact) mass is 161 g/mol. The summed E-state index contributed by atoms with van der Waals surface area (Å²) in [5, 5.41) is 12.1. The third-order valence-electron chi connectivity index (χ3n) is 1.39. The Morgan fingerprint density at radius 3 is 2.64 bits per heavy atom. The molecule has 68 valence electrons. The van der Waals surface area contributed by atoms with Crippen LogP contribution in [0.15, 0.2) is 0 Å². The van der Waals surface area contributed by atoms with Gasteiger partial charge in [0, 0.05) is 26.2 Å². The van der Waals surface area contributed by atoms with Gasteiger partial charge in [-0.25, -0.2) is 0 Å². The number of likely N-dealkylation sites (N-methyl/N-ethyl adjacent to an activating group) is 1. The number of rotatable bonds is 6. The molecule has 0 aliphatic heterocycles. The van der Waals surface area contributed by atoms with E-state index in [-0.39, 0.29) is 0 Å². The molecule has 1 atom stereocenters. The molecule has 4 N–H and O–H groups in total. The second-order valence-corrected chi connectivity index (χ2v) is 2.90. The van der Waals surface area contributed by atoms with Crippen LogP contribution < -0.4 is 11.1 Å². The zero-order valence-electron chi connectivity index (χ0n) is 7.38. The van der Waals surface area contributed by atoms with Crippen LogP contribution in [0.1, 0.15) is 0 Å². The zero-order valence-corrected chi connectivity index (χ0v) is 7.38. The van der Waals surface area contributed by atoms with Crippen molar-refractivity contribution in [2.24, 2.45) is 5.73 Å². The molecular formula is C7H19N3O. The van der Waals surface area contributed by atoms with Crippen LogP contribution in [0, 0.1) is 0 Å². The number of nitrogens with two attached hydrogens (primary N) is 1. The van der Waals surface area contributed by atoms with Gasteiger partial charge in [0.25, 0.3) is 0 Å². The van der Waals surface area contributed by atoms with Gasteiger partial charge in [-0.2, -0.15) is 0 Å². The molecule has 0 aromatic rings. The summed E-state index contributed by atoms with van der Waals surface area (Å²) in [7, 11) is 4.03. The molecule has 0 saturated carbocycles. The Hall–Kier alpha value is -0.160. The fraction of sp³-hybridized carbons (Fsp3) is 1.00. The Balaban J connectivity index is 3.01. The van der Waals surface area contributed by atoms with Gasteiger partial charge in [0.05, 0.1) is 6.10 Å². The molecule has 0 bridgehead atoms. The molecule has 0 rings (SSSR count). The van der Waals surface area contributed by atoms with Gasteiger partial charge in [-0.1, -0.05) is 0 Å². The largest absolute Gasteiger partial charge is 0.390 e. The number of nitrogens with zero attached hydrogens (tertiary/aromatic N) is 1. The van der Waals surface area contributed by atoms with Crippen molar-refractivity contribution >= 4 is 0 Å². The van der Waals surface area contributed by atoms with E-state index in [2.05, 4.69) is 10.2 Å². The van der Waals surface area contributed by atoms with Gasteiger partial charge in [-0.15, -0.1) is 0 Å². The summed E-state index contributed by atoms with van der Waals surface area (Å²) in [4.78, 5) is 2.09. The van der Waals surface area contributed by atoms with Gasteiger partial charge in [-0.05, 0) is 14.1 Å². The van der Waals surface area contributed by atoms with Crippen molar-refractivity contribution in [3.05, 3.63) is 0 Å². The third kappa shape index (κ3) is 7.74. The molecule has 0 amide bonds. The first kappa shape index (κ1) is 10.8. The van der Waals surface area contributed by atoms with Crippen LogP contribution in [0.3, 0.4) is 0 Å². The van der Waals surface area contributed by atoms with Gasteiger partial charge < -0.3 is 21.1 Å². The summed E-state index contributed by atoms with van der Waals surface area (Å²) in [6, 6.07) is 0. The maximum Gasteiger partial charge on any atom is 0.0786 e. The number of aliphatic hydroxyl groups excluding tert-OH is 1. The van der Waals surface area contributed by atoms with Crippen LogP contribution in [0.25, 0.3) is 0 Å². The van der Waals surface area contributed by atoms with Crippen molar-refractivity contribution in [1.82, 2.24) is 10.2 Å². The third-order valence-corrected chi connectivity index (χ3v) is 1.39. The Morgan fingerprint density at radius 1 is 1.55 bits per heavy atom. The Morgan fingerprint density at radius 2 is 2.18 bits per heavy atom. The van der Waals surface area contributed by atoms with Crippen LogP contribution in [0.2, 0.25) is 0 Å². The van der Waals surface area contributed by atoms with Crippen molar-refractivity contribution in [3.8, 4) is 0 Å². The lowest BCUT2D eigenvalue weighted by molar-refractivity contribution is 0.178. The van der Waals surface area contributed by atoms with Gasteiger partial charge in [0.2, 0.25) is 0 Å². The van der Waals surface area contributed by atoms with E-state index < -0.39 is 6.10 Å². The van der Waals surface area contributed by atoms with Crippen molar-refractivity contribution < 1.29 is 5.11 Å². The maximum absolute atomic E-state index is 9.02. The van der Waals surface area contributed by atoms with E-state index in [9.17, 15) is 0 Å². The highest BCUT2D eigenvalue weighted by atomic mass is 16.3. The molecule has 0 saturated heterocycles. The Kier molecular flexibility index (Phi) is 6.45. The van der Waals surface area contributed by atoms with Crippen LogP contribution in [0.5, 0.6) is 0 Å². The molecule has 0 heterocycles. The summed E-state index contributed by atoms with van der Waals surface area (Å²) >= 11 is 0. The van der Waals surface area contributed by atoms with Crippen LogP contribution >= 0.6 is 0 Å². The van der Waals surface area contributed by atoms with E-state index in [0.717, 1.165) is 13.1 Å². The van der Waals surface area contributed by atoms with Crippen molar-refractivity contribution in [2.45, 2.75) is 6.10 Å². The molecule has 1 unspecified atom stereocenters. The average Bonchev–Trinajstić information content (AvgIpc) is 1.97. The fourth-order valence-electron chi connectivity index (χ4n) is 0.655. The number of hydrogen-bond acceptors (Lipinski definition) is 4. The Bertz CT molecular complexity index is 87.8. The van der Waals surface area contributed by atoms with E-state index in [1.165, 1.54) is 0 Å². The molecule has 0 aliphatic rings. The summed E-state index contributed by atoms with van der Waals surface area (Å²) in [6.07, 6.45) is -0.405. The Labute approximate surface area is 68.4 Å². The first-order chi connectivity index (χ1) is 5.16. The summed E-state index contributed by atoms with van der Waals surface area (Å²) in [5.41, 5.74) is 5.21. The quantitative estimate of drug-likeness (QED) is 0.413. The molecule has 11 heavy (non-hydrogen) atoms. The molecular weight excluding hydrogens is 142 g/mol. The molecule has 0 fully saturated rings.